The zero-order valence-electron chi connectivity index (χ0n) is 9.15. The molecule has 0 spiro atoms. The molecule has 2 nitrogen and oxygen atoms in total. The van der Waals surface area contributed by atoms with Crippen molar-refractivity contribution < 1.29 is 4.79 Å². The second-order valence-electron chi connectivity index (χ2n) is 4.36. The summed E-state index contributed by atoms with van der Waals surface area (Å²) in [5, 5.41) is 0. The number of likely N-dealkylation sites (tertiary alicyclic amines) is 1. The van der Waals surface area contributed by atoms with Gasteiger partial charge in [-0.25, -0.2) is 0 Å². The lowest BCUT2D eigenvalue weighted by Crippen LogP contribution is -2.39. The predicted octanol–water partition coefficient (Wildman–Crippen LogP) is 2.56. The highest BCUT2D eigenvalue weighted by Crippen LogP contribution is 2.17. The van der Waals surface area contributed by atoms with E-state index in [0.717, 1.165) is 25.1 Å². The fraction of sp³-hybridized carbons (Fsp3) is 0.462. The number of benzene rings is 1. The van der Waals surface area contributed by atoms with Gasteiger partial charge in [0.2, 0.25) is 0 Å². The van der Waals surface area contributed by atoms with Gasteiger partial charge in [-0.05, 0) is 30.9 Å². The lowest BCUT2D eigenvalue weighted by molar-refractivity contribution is 0.0683. The van der Waals surface area contributed by atoms with Crippen LogP contribution in [-0.2, 0) is 0 Å². The molecule has 1 fully saturated rings. The van der Waals surface area contributed by atoms with Crippen LogP contribution in [0.3, 0.4) is 0 Å². The number of nitrogens with zero attached hydrogens (tertiary/aromatic N) is 1. The molecule has 0 unspecified atom stereocenters. The van der Waals surface area contributed by atoms with Crippen molar-refractivity contribution in [2.24, 2.45) is 5.92 Å². The van der Waals surface area contributed by atoms with Crippen molar-refractivity contribution in [3.05, 3.63) is 35.9 Å². The maximum Gasteiger partial charge on any atom is 0.253 e. The average molecular weight is 203 g/mol. The van der Waals surface area contributed by atoms with Crippen molar-refractivity contribution in [3.8, 4) is 0 Å². The normalized spacial score (nSPS) is 21.4. The highest BCUT2D eigenvalue weighted by Gasteiger charge is 2.21. The molecule has 1 aliphatic rings. The number of carbonyl (C=O) groups excluding carboxylic acids is 1. The maximum absolute atomic E-state index is 12.1. The molecule has 0 aliphatic carbocycles. The van der Waals surface area contributed by atoms with Gasteiger partial charge in [0.15, 0.2) is 0 Å². The fourth-order valence-electron chi connectivity index (χ4n) is 2.14. The molecule has 0 saturated carbocycles. The van der Waals surface area contributed by atoms with Crippen LogP contribution in [0.2, 0.25) is 0 Å². The summed E-state index contributed by atoms with van der Waals surface area (Å²) in [6, 6.07) is 9.56. The minimum atomic E-state index is 0.183. The molecular formula is C13H17NO. The third-order valence-corrected chi connectivity index (χ3v) is 2.96. The molecule has 2 rings (SSSR count). The highest BCUT2D eigenvalue weighted by molar-refractivity contribution is 5.94. The molecule has 80 valence electrons. The molecule has 15 heavy (non-hydrogen) atoms. The second-order valence-corrected chi connectivity index (χ2v) is 4.36. The Morgan fingerprint density at radius 3 is 2.73 bits per heavy atom. The van der Waals surface area contributed by atoms with Gasteiger partial charge in [-0.2, -0.15) is 0 Å². The smallest absolute Gasteiger partial charge is 0.253 e. The number of amides is 1. The van der Waals surface area contributed by atoms with Crippen LogP contribution in [0.4, 0.5) is 0 Å². The Labute approximate surface area is 90.9 Å². The summed E-state index contributed by atoms with van der Waals surface area (Å²) in [5.74, 6) is 0.827. The van der Waals surface area contributed by atoms with E-state index in [1.54, 1.807) is 0 Å². The van der Waals surface area contributed by atoms with E-state index >= 15 is 0 Å². The average Bonchev–Trinajstić information content (AvgIpc) is 2.29. The van der Waals surface area contributed by atoms with E-state index in [1.165, 1.54) is 6.42 Å². The minimum absolute atomic E-state index is 0.183. The molecule has 1 atom stereocenters. The van der Waals surface area contributed by atoms with E-state index in [9.17, 15) is 4.79 Å². The number of carbonyl (C=O) groups is 1. The van der Waals surface area contributed by atoms with Crippen LogP contribution in [0.25, 0.3) is 0 Å². The SMILES string of the molecule is C[C@@H]1CCCN(C(=O)c2ccccc2)C1. The Bertz CT molecular complexity index is 334. The molecular weight excluding hydrogens is 186 g/mol. The zero-order valence-corrected chi connectivity index (χ0v) is 9.15. The van der Waals surface area contributed by atoms with E-state index in [2.05, 4.69) is 6.92 Å². The summed E-state index contributed by atoms with van der Waals surface area (Å²) in [4.78, 5) is 14.0. The molecule has 0 radical (unpaired) electrons. The van der Waals surface area contributed by atoms with E-state index in [0.29, 0.717) is 5.92 Å². The summed E-state index contributed by atoms with van der Waals surface area (Å²) in [6.07, 6.45) is 2.39. The van der Waals surface area contributed by atoms with Gasteiger partial charge in [0, 0.05) is 18.7 Å². The minimum Gasteiger partial charge on any atom is -0.338 e. The van der Waals surface area contributed by atoms with Crippen molar-refractivity contribution in [2.75, 3.05) is 13.1 Å². The molecule has 1 aromatic rings. The molecule has 0 bridgehead atoms. The van der Waals surface area contributed by atoms with Gasteiger partial charge in [-0.3, -0.25) is 4.79 Å². The Morgan fingerprint density at radius 1 is 1.33 bits per heavy atom. The topological polar surface area (TPSA) is 20.3 Å². The van der Waals surface area contributed by atoms with Crippen molar-refractivity contribution >= 4 is 5.91 Å². The van der Waals surface area contributed by atoms with Crippen molar-refractivity contribution in [1.29, 1.82) is 0 Å². The standard InChI is InChI=1S/C13H17NO/c1-11-6-5-9-14(10-11)13(15)12-7-3-2-4-8-12/h2-4,7-8,11H,5-6,9-10H2,1H3/t11-/m1/s1. The summed E-state index contributed by atoms with van der Waals surface area (Å²) in [7, 11) is 0. The summed E-state index contributed by atoms with van der Waals surface area (Å²) >= 11 is 0. The van der Waals surface area contributed by atoms with Gasteiger partial charge in [0.25, 0.3) is 5.91 Å². The van der Waals surface area contributed by atoms with Crippen molar-refractivity contribution in [2.45, 2.75) is 19.8 Å². The highest BCUT2D eigenvalue weighted by atomic mass is 16.2. The van der Waals surface area contributed by atoms with E-state index in [4.69, 9.17) is 0 Å². The van der Waals surface area contributed by atoms with Crippen LogP contribution in [0, 0.1) is 5.92 Å². The lowest BCUT2D eigenvalue weighted by Gasteiger charge is -2.31. The molecule has 1 heterocycles. The van der Waals surface area contributed by atoms with Gasteiger partial charge >= 0.3 is 0 Å². The molecule has 1 aromatic carbocycles. The third kappa shape index (κ3) is 2.38. The van der Waals surface area contributed by atoms with E-state index in [-0.39, 0.29) is 5.91 Å². The maximum atomic E-state index is 12.1. The molecule has 1 saturated heterocycles. The predicted molar refractivity (Wildman–Crippen MR) is 60.7 cm³/mol. The van der Waals surface area contributed by atoms with Gasteiger partial charge < -0.3 is 4.90 Å². The van der Waals surface area contributed by atoms with Gasteiger partial charge in [0.05, 0.1) is 0 Å². The Balaban J connectivity index is 2.08. The summed E-state index contributed by atoms with van der Waals surface area (Å²) < 4.78 is 0. The van der Waals surface area contributed by atoms with Crippen LogP contribution in [0.15, 0.2) is 30.3 Å². The van der Waals surface area contributed by atoms with Gasteiger partial charge in [-0.1, -0.05) is 25.1 Å². The monoisotopic (exact) mass is 203 g/mol. The first kappa shape index (κ1) is 10.2. The Kier molecular flexibility index (Phi) is 3.05. The molecule has 1 amide bonds. The van der Waals surface area contributed by atoms with Gasteiger partial charge in [-0.15, -0.1) is 0 Å². The Morgan fingerprint density at radius 2 is 2.07 bits per heavy atom. The molecule has 0 N–H and O–H groups in total. The molecule has 2 heteroatoms. The van der Waals surface area contributed by atoms with Crippen molar-refractivity contribution in [1.82, 2.24) is 4.90 Å². The first-order chi connectivity index (χ1) is 7.27. The molecule has 0 aromatic heterocycles. The third-order valence-electron chi connectivity index (χ3n) is 2.96. The lowest BCUT2D eigenvalue weighted by atomic mass is 9.99. The quantitative estimate of drug-likeness (QED) is 0.687. The van der Waals surface area contributed by atoms with Crippen LogP contribution in [0.1, 0.15) is 30.1 Å². The fourth-order valence-corrected chi connectivity index (χ4v) is 2.14. The number of piperidine rings is 1. The van der Waals surface area contributed by atoms with Crippen LogP contribution < -0.4 is 0 Å². The number of hydrogen-bond acceptors (Lipinski definition) is 1. The van der Waals surface area contributed by atoms with Crippen LogP contribution >= 0.6 is 0 Å². The largest absolute Gasteiger partial charge is 0.338 e. The van der Waals surface area contributed by atoms with Crippen LogP contribution in [-0.4, -0.2) is 23.9 Å². The first-order valence-electron chi connectivity index (χ1n) is 5.61. The first-order valence-corrected chi connectivity index (χ1v) is 5.61. The summed E-state index contributed by atoms with van der Waals surface area (Å²) in [5.41, 5.74) is 0.812. The van der Waals surface area contributed by atoms with Crippen molar-refractivity contribution in [3.63, 3.8) is 0 Å². The second kappa shape index (κ2) is 4.47. The molecule has 1 aliphatic heterocycles. The van der Waals surface area contributed by atoms with E-state index < -0.39 is 0 Å². The van der Waals surface area contributed by atoms with Gasteiger partial charge in [0.1, 0.15) is 0 Å². The number of rotatable bonds is 1. The van der Waals surface area contributed by atoms with Crippen LogP contribution in [0.5, 0.6) is 0 Å². The summed E-state index contributed by atoms with van der Waals surface area (Å²) in [6.45, 7) is 4.04. The zero-order chi connectivity index (χ0) is 10.7. The van der Waals surface area contributed by atoms with E-state index in [1.807, 2.05) is 35.2 Å². The Hall–Kier alpha value is -1.31. The number of hydrogen-bond donors (Lipinski definition) is 0.